The summed E-state index contributed by atoms with van der Waals surface area (Å²) in [6.07, 6.45) is 4.43. The lowest BCUT2D eigenvalue weighted by atomic mass is 9.72. The van der Waals surface area contributed by atoms with Crippen LogP contribution in [0.15, 0.2) is 70.1 Å². The van der Waals surface area contributed by atoms with E-state index in [0.29, 0.717) is 39.1 Å². The van der Waals surface area contributed by atoms with Crippen molar-refractivity contribution in [3.63, 3.8) is 0 Å². The van der Waals surface area contributed by atoms with E-state index in [1.54, 1.807) is 48.7 Å². The topological polar surface area (TPSA) is 97.7 Å². The van der Waals surface area contributed by atoms with Crippen LogP contribution in [0.2, 0.25) is 0 Å². The first-order valence-corrected chi connectivity index (χ1v) is 13.8. The van der Waals surface area contributed by atoms with Gasteiger partial charge in [0.15, 0.2) is 0 Å². The molecule has 2 aromatic carbocycles. The molecule has 8 heteroatoms. The van der Waals surface area contributed by atoms with Gasteiger partial charge in [-0.05, 0) is 67.3 Å². The Bertz CT molecular complexity index is 1560. The molecule has 2 aromatic heterocycles. The van der Waals surface area contributed by atoms with E-state index in [1.165, 1.54) is 10.9 Å². The second-order valence-corrected chi connectivity index (χ2v) is 12.1. The van der Waals surface area contributed by atoms with Crippen LogP contribution in [0, 0.1) is 28.4 Å². The molecule has 39 heavy (non-hydrogen) atoms. The highest BCUT2D eigenvalue weighted by atomic mass is 32.1. The van der Waals surface area contributed by atoms with Gasteiger partial charge in [-0.15, -0.1) is 11.3 Å². The van der Waals surface area contributed by atoms with Crippen LogP contribution in [0.3, 0.4) is 0 Å². The third kappa shape index (κ3) is 5.71. The maximum absolute atomic E-state index is 13.5. The zero-order chi connectivity index (χ0) is 27.7. The minimum Gasteiger partial charge on any atom is -0.455 e. The number of nitrogens with zero attached hydrogens (tertiary/aromatic N) is 2. The number of hydrogen-bond acceptors (Lipinski definition) is 6. The molecule has 7 nitrogen and oxygen atoms in total. The summed E-state index contributed by atoms with van der Waals surface area (Å²) >= 11 is 1.57. The summed E-state index contributed by atoms with van der Waals surface area (Å²) in [6.45, 7) is 8.53. The number of benzene rings is 2. The van der Waals surface area contributed by atoms with Crippen molar-refractivity contribution < 1.29 is 14.1 Å². The number of furan rings is 1. The number of nitro groups is 1. The molecule has 1 amide bonds. The molecule has 0 saturated carbocycles. The standard InChI is InChI=1S/C31H31N3O4S/c1-19-10-11-20(16-25(19)34(36)37)26-15-13-23(38-26)18-32-30-28(29(35)33-22-8-6-5-7-9-22)24-14-12-21(31(2,3)4)17-27(24)39-30/h5-11,13,15-16,18,21H,12,14,17H2,1-4H3,(H,33,35)/t21-/m1/s1. The summed E-state index contributed by atoms with van der Waals surface area (Å²) in [7, 11) is 0. The Balaban J connectivity index is 1.46. The van der Waals surface area contributed by atoms with E-state index < -0.39 is 4.92 Å². The Morgan fingerprint density at radius 2 is 1.92 bits per heavy atom. The van der Waals surface area contributed by atoms with E-state index in [-0.39, 0.29) is 17.0 Å². The van der Waals surface area contributed by atoms with E-state index in [2.05, 4.69) is 26.1 Å². The minimum absolute atomic E-state index is 0.0471. The number of thiophene rings is 1. The van der Waals surface area contributed by atoms with Gasteiger partial charge < -0.3 is 9.73 Å². The van der Waals surface area contributed by atoms with Gasteiger partial charge in [-0.1, -0.05) is 51.1 Å². The van der Waals surface area contributed by atoms with Crippen molar-refractivity contribution in [2.75, 3.05) is 5.32 Å². The maximum Gasteiger partial charge on any atom is 0.273 e. The van der Waals surface area contributed by atoms with Gasteiger partial charge in [0, 0.05) is 27.8 Å². The van der Waals surface area contributed by atoms with Crippen molar-refractivity contribution in [2.24, 2.45) is 16.3 Å². The monoisotopic (exact) mass is 541 g/mol. The van der Waals surface area contributed by atoms with Crippen molar-refractivity contribution in [1.82, 2.24) is 0 Å². The Kier molecular flexibility index (Phi) is 7.23. The van der Waals surface area contributed by atoms with Crippen molar-refractivity contribution in [3.8, 4) is 11.3 Å². The number of hydrogen-bond donors (Lipinski definition) is 1. The van der Waals surface area contributed by atoms with Gasteiger partial charge in [-0.25, -0.2) is 4.99 Å². The summed E-state index contributed by atoms with van der Waals surface area (Å²) in [6, 6.07) is 18.0. The fourth-order valence-corrected chi connectivity index (χ4v) is 6.28. The van der Waals surface area contributed by atoms with Crippen LogP contribution in [0.1, 0.15) is 59.3 Å². The van der Waals surface area contributed by atoms with Crippen LogP contribution in [-0.4, -0.2) is 17.0 Å². The molecule has 0 saturated heterocycles. The highest BCUT2D eigenvalue weighted by Crippen LogP contribution is 2.45. The maximum atomic E-state index is 13.5. The van der Waals surface area contributed by atoms with Crippen molar-refractivity contribution in [3.05, 3.63) is 98.1 Å². The normalized spacial score (nSPS) is 15.3. The minimum atomic E-state index is -0.394. The number of anilines is 1. The molecule has 1 aliphatic rings. The van der Waals surface area contributed by atoms with Gasteiger partial charge in [-0.3, -0.25) is 14.9 Å². The molecule has 1 N–H and O–H groups in total. The number of amides is 1. The van der Waals surface area contributed by atoms with Gasteiger partial charge in [0.25, 0.3) is 11.6 Å². The first-order chi connectivity index (χ1) is 18.6. The number of para-hydroxylation sites is 1. The van der Waals surface area contributed by atoms with E-state index >= 15 is 0 Å². The lowest BCUT2D eigenvalue weighted by molar-refractivity contribution is -0.385. The molecule has 0 fully saturated rings. The van der Waals surface area contributed by atoms with Crippen LogP contribution >= 0.6 is 11.3 Å². The summed E-state index contributed by atoms with van der Waals surface area (Å²) in [5.74, 6) is 1.39. The summed E-state index contributed by atoms with van der Waals surface area (Å²) in [5.41, 5.74) is 3.90. The Hall–Kier alpha value is -4.04. The molecule has 0 radical (unpaired) electrons. The zero-order valence-corrected chi connectivity index (χ0v) is 23.3. The van der Waals surface area contributed by atoms with Crippen molar-refractivity contribution in [2.45, 2.75) is 47.0 Å². The predicted octanol–water partition coefficient (Wildman–Crippen LogP) is 8.38. The molecule has 5 rings (SSSR count). The Morgan fingerprint density at radius 1 is 1.15 bits per heavy atom. The van der Waals surface area contributed by atoms with Gasteiger partial charge in [-0.2, -0.15) is 0 Å². The third-order valence-corrected chi connectivity index (χ3v) is 8.52. The average molecular weight is 542 g/mol. The fraction of sp³-hybridized carbons (Fsp3) is 0.290. The van der Waals surface area contributed by atoms with Crippen LogP contribution in [0.4, 0.5) is 16.4 Å². The lowest BCUT2D eigenvalue weighted by Gasteiger charge is -2.33. The Labute approximate surface area is 231 Å². The largest absolute Gasteiger partial charge is 0.455 e. The molecular weight excluding hydrogens is 510 g/mol. The molecule has 200 valence electrons. The SMILES string of the molecule is Cc1ccc(-c2ccc(C=Nc3sc4c(c3C(=O)Nc3ccccc3)CC[C@@H](C(C)(C)C)C4)o2)cc1[N+](=O)[O-]. The number of carbonyl (C=O) groups excluding carboxylic acids is 1. The van der Waals surface area contributed by atoms with Crippen LogP contribution < -0.4 is 5.32 Å². The highest BCUT2D eigenvalue weighted by Gasteiger charge is 2.33. The molecule has 0 bridgehead atoms. The predicted molar refractivity (Wildman–Crippen MR) is 156 cm³/mol. The Morgan fingerprint density at radius 3 is 2.64 bits per heavy atom. The quantitative estimate of drug-likeness (QED) is 0.151. The molecular formula is C31H31N3O4S. The average Bonchev–Trinajstić information content (AvgIpc) is 3.52. The fourth-order valence-electron chi connectivity index (χ4n) is 5.01. The van der Waals surface area contributed by atoms with E-state index in [4.69, 9.17) is 9.41 Å². The molecule has 4 aromatic rings. The second kappa shape index (κ2) is 10.6. The lowest BCUT2D eigenvalue weighted by Crippen LogP contribution is -2.27. The zero-order valence-electron chi connectivity index (χ0n) is 22.5. The summed E-state index contributed by atoms with van der Waals surface area (Å²) in [4.78, 5) is 30.4. The number of nitro benzene ring substituents is 1. The smallest absolute Gasteiger partial charge is 0.273 e. The molecule has 1 aliphatic carbocycles. The van der Waals surface area contributed by atoms with Crippen molar-refractivity contribution in [1.29, 1.82) is 0 Å². The molecule has 2 heterocycles. The first-order valence-electron chi connectivity index (χ1n) is 13.0. The van der Waals surface area contributed by atoms with Gasteiger partial charge in [0.2, 0.25) is 0 Å². The van der Waals surface area contributed by atoms with Crippen molar-refractivity contribution >= 4 is 39.8 Å². The number of fused-ring (bicyclic) bond motifs is 1. The molecule has 1 atom stereocenters. The summed E-state index contributed by atoms with van der Waals surface area (Å²) in [5, 5.41) is 15.0. The van der Waals surface area contributed by atoms with E-state index in [9.17, 15) is 14.9 Å². The van der Waals surface area contributed by atoms with E-state index in [1.807, 2.05) is 30.3 Å². The summed E-state index contributed by atoms with van der Waals surface area (Å²) < 4.78 is 5.96. The first kappa shape index (κ1) is 26.6. The third-order valence-electron chi connectivity index (χ3n) is 7.36. The van der Waals surface area contributed by atoms with Gasteiger partial charge in [0.05, 0.1) is 16.7 Å². The van der Waals surface area contributed by atoms with Crippen LogP contribution in [-0.2, 0) is 12.8 Å². The number of carbonyl (C=O) groups is 1. The van der Waals surface area contributed by atoms with E-state index in [0.717, 1.165) is 30.5 Å². The molecule has 0 unspecified atom stereocenters. The molecule has 0 spiro atoms. The van der Waals surface area contributed by atoms with Gasteiger partial charge in [0.1, 0.15) is 16.5 Å². The second-order valence-electron chi connectivity index (χ2n) is 11.0. The van der Waals surface area contributed by atoms with Crippen LogP contribution in [0.5, 0.6) is 0 Å². The number of aliphatic imine (C=N–C) groups is 1. The highest BCUT2D eigenvalue weighted by molar-refractivity contribution is 7.16. The molecule has 0 aliphatic heterocycles. The number of aryl methyl sites for hydroxylation is 1. The van der Waals surface area contributed by atoms with Crippen LogP contribution in [0.25, 0.3) is 11.3 Å². The number of nitrogens with one attached hydrogen (secondary N) is 1. The number of rotatable bonds is 6. The van der Waals surface area contributed by atoms with Gasteiger partial charge >= 0.3 is 0 Å².